The van der Waals surface area contributed by atoms with Crippen molar-refractivity contribution < 1.29 is 24.1 Å². The first kappa shape index (κ1) is 20.3. The number of carbonyl (C=O) groups excluding carboxylic acids is 1. The molecule has 4 rings (SSSR count). The van der Waals surface area contributed by atoms with Crippen molar-refractivity contribution in [3.8, 4) is 0 Å². The second-order valence-corrected chi connectivity index (χ2v) is 9.20. The van der Waals surface area contributed by atoms with Crippen LogP contribution in [0.15, 0.2) is 47.9 Å². The van der Waals surface area contributed by atoms with Gasteiger partial charge < -0.3 is 9.47 Å². The fourth-order valence-corrected chi connectivity index (χ4v) is 4.33. The quantitative estimate of drug-likeness (QED) is 0.356. The van der Waals surface area contributed by atoms with Crippen LogP contribution in [0.2, 0.25) is 0 Å². The van der Waals surface area contributed by atoms with Gasteiger partial charge in [0.15, 0.2) is 0 Å². The van der Waals surface area contributed by atoms with Gasteiger partial charge in [0.2, 0.25) is 0 Å². The molecule has 2 unspecified atom stereocenters. The Balaban J connectivity index is 1.54. The molecule has 0 radical (unpaired) electrons. The maximum atomic E-state index is 12.9. The molecule has 2 atom stereocenters. The number of ether oxygens (including phenoxy) is 2. The van der Waals surface area contributed by atoms with Crippen molar-refractivity contribution in [3.05, 3.63) is 68.1 Å². The number of nitro groups is 2. The predicted molar refractivity (Wildman–Crippen MR) is 105 cm³/mol. The Hall–Kier alpha value is -2.97. The van der Waals surface area contributed by atoms with Gasteiger partial charge in [-0.3, -0.25) is 20.2 Å². The molecule has 0 amide bonds. The van der Waals surface area contributed by atoms with Crippen LogP contribution in [0.3, 0.4) is 0 Å². The van der Waals surface area contributed by atoms with Crippen LogP contribution in [0.4, 0.5) is 4.79 Å². The zero-order chi connectivity index (χ0) is 21.8. The molecule has 160 valence electrons. The molecule has 9 heteroatoms. The molecule has 0 spiro atoms. The number of hydrogen-bond acceptors (Lipinski definition) is 7. The van der Waals surface area contributed by atoms with Crippen molar-refractivity contribution in [3.63, 3.8) is 0 Å². The van der Waals surface area contributed by atoms with E-state index in [1.165, 1.54) is 24.3 Å². The fourth-order valence-electron chi connectivity index (χ4n) is 4.33. The van der Waals surface area contributed by atoms with Crippen LogP contribution in [-0.4, -0.2) is 27.2 Å². The molecule has 0 aromatic heterocycles. The Labute approximate surface area is 173 Å². The molecule has 0 N–H and O–H groups in total. The average Bonchev–Trinajstić information content (AvgIpc) is 3.61. The van der Waals surface area contributed by atoms with E-state index in [-0.39, 0.29) is 35.1 Å². The normalized spacial score (nSPS) is 32.5. The molecule has 0 bridgehead atoms. The van der Waals surface area contributed by atoms with E-state index in [9.17, 15) is 25.0 Å². The highest BCUT2D eigenvalue weighted by Gasteiger charge is 2.61. The standard InChI is InChI=1S/C21H24N2O7/c1-18(11-12-18)20(7-3-15(4-8-20)22(25)26)29-17(24)30-21(19(2)13-14-19)9-5-16(6-10-21)23(27)28/h3-7,9H,8,10-14H2,1-2H3. The van der Waals surface area contributed by atoms with Gasteiger partial charge in [0.05, 0.1) is 9.85 Å². The number of rotatable bonds is 6. The smallest absolute Gasteiger partial charge is 0.422 e. The predicted octanol–water partition coefficient (Wildman–Crippen LogP) is 4.46. The average molecular weight is 416 g/mol. The third kappa shape index (κ3) is 3.22. The highest BCUT2D eigenvalue weighted by molar-refractivity contribution is 5.63. The Morgan fingerprint density at radius 2 is 1.20 bits per heavy atom. The summed E-state index contributed by atoms with van der Waals surface area (Å²) in [7, 11) is 0. The van der Waals surface area contributed by atoms with Crippen molar-refractivity contribution in [1.29, 1.82) is 0 Å². The summed E-state index contributed by atoms with van der Waals surface area (Å²) in [6, 6.07) is 0. The molecule has 4 aliphatic carbocycles. The summed E-state index contributed by atoms with van der Waals surface area (Å²) in [5.41, 5.74) is -2.68. The number of hydrogen-bond donors (Lipinski definition) is 0. The van der Waals surface area contributed by atoms with Gasteiger partial charge in [0.25, 0.3) is 11.4 Å². The molecule has 0 aromatic rings. The van der Waals surface area contributed by atoms with Crippen LogP contribution >= 0.6 is 0 Å². The summed E-state index contributed by atoms with van der Waals surface area (Å²) in [6.45, 7) is 3.97. The largest absolute Gasteiger partial charge is 0.510 e. The first-order valence-electron chi connectivity index (χ1n) is 10.0. The molecule has 0 aliphatic heterocycles. The van der Waals surface area contributed by atoms with Crippen LogP contribution < -0.4 is 0 Å². The Morgan fingerprint density at radius 3 is 1.43 bits per heavy atom. The van der Waals surface area contributed by atoms with Crippen molar-refractivity contribution >= 4 is 6.16 Å². The molecule has 0 saturated heterocycles. The summed E-state index contributed by atoms with van der Waals surface area (Å²) >= 11 is 0. The summed E-state index contributed by atoms with van der Waals surface area (Å²) in [5, 5.41) is 22.1. The second-order valence-electron chi connectivity index (χ2n) is 9.20. The highest BCUT2D eigenvalue weighted by atomic mass is 16.7. The first-order chi connectivity index (χ1) is 14.0. The van der Waals surface area contributed by atoms with Gasteiger partial charge in [-0.05, 0) is 50.0 Å². The zero-order valence-corrected chi connectivity index (χ0v) is 17.0. The molecular formula is C21H24N2O7. The number of carbonyl (C=O) groups is 1. The SMILES string of the molecule is CC1(C2(OC(=O)OC3(C4(C)CC4)C=CC([N+](=O)[O-])=CC3)C=CC([N+](=O)[O-])=CC2)CC1. The zero-order valence-electron chi connectivity index (χ0n) is 17.0. The van der Waals surface area contributed by atoms with Gasteiger partial charge >= 0.3 is 6.16 Å². The molecule has 9 nitrogen and oxygen atoms in total. The van der Waals surface area contributed by atoms with E-state index in [1.54, 1.807) is 12.2 Å². The minimum absolute atomic E-state index is 0.0264. The lowest BCUT2D eigenvalue weighted by Gasteiger charge is -2.40. The molecule has 2 fully saturated rings. The third-order valence-electron chi connectivity index (χ3n) is 7.27. The van der Waals surface area contributed by atoms with Crippen LogP contribution in [0.1, 0.15) is 52.4 Å². The van der Waals surface area contributed by atoms with Crippen molar-refractivity contribution in [2.45, 2.75) is 63.6 Å². The van der Waals surface area contributed by atoms with Crippen LogP contribution in [-0.2, 0) is 9.47 Å². The molecule has 4 aliphatic rings. The fraction of sp³-hybridized carbons (Fsp3) is 0.571. The van der Waals surface area contributed by atoms with Gasteiger partial charge in [-0.2, -0.15) is 0 Å². The summed E-state index contributed by atoms with van der Waals surface area (Å²) < 4.78 is 11.7. The maximum Gasteiger partial charge on any atom is 0.510 e. The number of nitrogens with zero attached hydrogens (tertiary/aromatic N) is 2. The number of allylic oxidation sites excluding steroid dienone is 2. The van der Waals surface area contributed by atoms with Gasteiger partial charge in [0, 0.05) is 35.8 Å². The van der Waals surface area contributed by atoms with E-state index in [1.807, 2.05) is 13.8 Å². The summed E-state index contributed by atoms with van der Waals surface area (Å²) in [5.74, 6) is 0. The monoisotopic (exact) mass is 416 g/mol. The van der Waals surface area contributed by atoms with E-state index in [0.717, 1.165) is 25.7 Å². The molecular weight excluding hydrogens is 392 g/mol. The second kappa shape index (κ2) is 6.52. The Bertz CT molecular complexity index is 865. The molecule has 0 aromatic carbocycles. The van der Waals surface area contributed by atoms with Crippen LogP contribution in [0, 0.1) is 31.1 Å². The Morgan fingerprint density at radius 1 is 0.833 bits per heavy atom. The minimum atomic E-state index is -1.00. The topological polar surface area (TPSA) is 122 Å². The summed E-state index contributed by atoms with van der Waals surface area (Å²) in [6.07, 6.45) is 11.8. The van der Waals surface area contributed by atoms with Crippen LogP contribution in [0.25, 0.3) is 0 Å². The molecule has 0 heterocycles. The van der Waals surface area contributed by atoms with Crippen LogP contribution in [0.5, 0.6) is 0 Å². The minimum Gasteiger partial charge on any atom is -0.422 e. The van der Waals surface area contributed by atoms with Gasteiger partial charge in [-0.15, -0.1) is 0 Å². The lowest BCUT2D eigenvalue weighted by Crippen LogP contribution is -2.47. The van der Waals surface area contributed by atoms with E-state index >= 15 is 0 Å². The van der Waals surface area contributed by atoms with E-state index in [0.29, 0.717) is 0 Å². The lowest BCUT2D eigenvalue weighted by atomic mass is 9.79. The molecule has 30 heavy (non-hydrogen) atoms. The van der Waals surface area contributed by atoms with E-state index in [4.69, 9.17) is 9.47 Å². The lowest BCUT2D eigenvalue weighted by molar-refractivity contribution is -0.419. The third-order valence-corrected chi connectivity index (χ3v) is 7.27. The highest BCUT2D eigenvalue weighted by Crippen LogP contribution is 2.60. The van der Waals surface area contributed by atoms with Crippen molar-refractivity contribution in [1.82, 2.24) is 0 Å². The van der Waals surface area contributed by atoms with Gasteiger partial charge in [0.1, 0.15) is 11.2 Å². The molecule has 2 saturated carbocycles. The van der Waals surface area contributed by atoms with E-state index < -0.39 is 27.2 Å². The first-order valence-corrected chi connectivity index (χ1v) is 10.0. The van der Waals surface area contributed by atoms with E-state index in [2.05, 4.69) is 0 Å². The van der Waals surface area contributed by atoms with Gasteiger partial charge in [-0.1, -0.05) is 13.8 Å². The Kier molecular flexibility index (Phi) is 4.41. The summed E-state index contributed by atoms with van der Waals surface area (Å²) in [4.78, 5) is 34.1. The maximum absolute atomic E-state index is 12.9. The van der Waals surface area contributed by atoms with Crippen molar-refractivity contribution in [2.24, 2.45) is 10.8 Å². The van der Waals surface area contributed by atoms with Crippen molar-refractivity contribution in [2.75, 3.05) is 0 Å². The van der Waals surface area contributed by atoms with Gasteiger partial charge in [-0.25, -0.2) is 4.79 Å².